The molecule has 27 heavy (non-hydrogen) atoms. The maximum atomic E-state index is 5.42. The summed E-state index contributed by atoms with van der Waals surface area (Å²) < 4.78 is 7.57. The lowest BCUT2D eigenvalue weighted by Gasteiger charge is -2.34. The van der Waals surface area contributed by atoms with E-state index in [-0.39, 0.29) is 11.0 Å². The van der Waals surface area contributed by atoms with E-state index in [2.05, 4.69) is 75.7 Å². The topological polar surface area (TPSA) is 38.6 Å². The van der Waals surface area contributed by atoms with Gasteiger partial charge < -0.3 is 10.1 Å². The van der Waals surface area contributed by atoms with Crippen LogP contribution in [-0.4, -0.2) is 22.0 Å². The van der Waals surface area contributed by atoms with Gasteiger partial charge in [0.1, 0.15) is 22.9 Å². The van der Waals surface area contributed by atoms with Gasteiger partial charge in [0.25, 0.3) is 0 Å². The Hall–Kier alpha value is -2.49. The van der Waals surface area contributed by atoms with Crippen molar-refractivity contribution < 1.29 is 4.74 Å². The monoisotopic (exact) mass is 365 g/mol. The Bertz CT molecular complexity index is 948. The van der Waals surface area contributed by atoms with Gasteiger partial charge in [-0.15, -0.1) is 0 Å². The second-order valence-electron chi connectivity index (χ2n) is 9.22. The normalized spacial score (nSPS) is 12.4. The van der Waals surface area contributed by atoms with E-state index in [1.54, 1.807) is 7.11 Å². The number of hydrogen-bond acceptors (Lipinski definition) is 3. The molecule has 1 N–H and O–H groups in total. The molecule has 0 saturated heterocycles. The fourth-order valence-electron chi connectivity index (χ4n) is 3.93. The summed E-state index contributed by atoms with van der Waals surface area (Å²) >= 11 is 0. The van der Waals surface area contributed by atoms with Crippen LogP contribution >= 0.6 is 0 Å². The zero-order valence-electron chi connectivity index (χ0n) is 17.6. The number of methoxy groups -OCH3 is 1. The molecular formula is C23H31N3O. The predicted molar refractivity (Wildman–Crippen MR) is 114 cm³/mol. The lowest BCUT2D eigenvalue weighted by molar-refractivity contribution is 0.302. The molecule has 1 aromatic carbocycles. The summed E-state index contributed by atoms with van der Waals surface area (Å²) in [6, 6.07) is 12.3. The van der Waals surface area contributed by atoms with Gasteiger partial charge in [-0.1, -0.05) is 32.9 Å². The number of imidazole rings is 1. The van der Waals surface area contributed by atoms with E-state index in [0.29, 0.717) is 0 Å². The van der Waals surface area contributed by atoms with Crippen molar-refractivity contribution in [1.29, 1.82) is 0 Å². The van der Waals surface area contributed by atoms with E-state index in [1.165, 1.54) is 5.56 Å². The minimum absolute atomic E-state index is 0.0767. The summed E-state index contributed by atoms with van der Waals surface area (Å²) in [5.41, 5.74) is 4.29. The van der Waals surface area contributed by atoms with Crippen LogP contribution in [-0.2, 0) is 0 Å². The number of hydrogen-bond donors (Lipinski definition) is 1. The van der Waals surface area contributed by atoms with E-state index in [0.717, 1.165) is 34.9 Å². The molecule has 4 heteroatoms. The third-order valence-electron chi connectivity index (χ3n) is 4.55. The van der Waals surface area contributed by atoms with Crippen LogP contribution in [0.4, 0.5) is 5.82 Å². The van der Waals surface area contributed by atoms with Crippen LogP contribution in [0.5, 0.6) is 5.75 Å². The van der Waals surface area contributed by atoms with Gasteiger partial charge in [0.15, 0.2) is 0 Å². The van der Waals surface area contributed by atoms with Gasteiger partial charge in [-0.3, -0.25) is 4.40 Å². The summed E-state index contributed by atoms with van der Waals surface area (Å²) in [6.45, 7) is 13.4. The molecule has 0 aliphatic heterocycles. The minimum atomic E-state index is -0.0767. The highest BCUT2D eigenvalue weighted by atomic mass is 16.5. The van der Waals surface area contributed by atoms with Crippen molar-refractivity contribution in [2.24, 2.45) is 5.41 Å². The van der Waals surface area contributed by atoms with E-state index >= 15 is 0 Å². The first-order chi connectivity index (χ1) is 12.6. The number of ether oxygens (including phenoxy) is 1. The minimum Gasteiger partial charge on any atom is -0.497 e. The van der Waals surface area contributed by atoms with Crippen LogP contribution in [0.1, 0.15) is 46.6 Å². The molecule has 0 spiro atoms. The second kappa shape index (κ2) is 6.91. The lowest BCUT2D eigenvalue weighted by Crippen LogP contribution is -2.36. The third kappa shape index (κ3) is 4.44. The molecular weight excluding hydrogens is 334 g/mol. The van der Waals surface area contributed by atoms with E-state index in [1.807, 2.05) is 18.2 Å². The highest BCUT2D eigenvalue weighted by Crippen LogP contribution is 2.35. The highest BCUT2D eigenvalue weighted by molar-refractivity contribution is 5.77. The predicted octanol–water partition coefficient (Wildman–Crippen LogP) is 5.95. The zero-order chi connectivity index (χ0) is 19.8. The molecule has 2 aromatic heterocycles. The molecule has 0 bridgehead atoms. The largest absolute Gasteiger partial charge is 0.497 e. The number of aryl methyl sites for hydroxylation is 1. The second-order valence-corrected chi connectivity index (χ2v) is 9.22. The third-order valence-corrected chi connectivity index (χ3v) is 4.55. The van der Waals surface area contributed by atoms with E-state index in [9.17, 15) is 0 Å². The molecule has 3 rings (SSSR count). The van der Waals surface area contributed by atoms with Crippen molar-refractivity contribution in [3.63, 3.8) is 0 Å². The van der Waals surface area contributed by atoms with E-state index in [4.69, 9.17) is 9.72 Å². The van der Waals surface area contributed by atoms with Gasteiger partial charge in [-0.05, 0) is 62.4 Å². The van der Waals surface area contributed by atoms with Gasteiger partial charge in [0.2, 0.25) is 0 Å². The molecule has 0 fully saturated rings. The van der Waals surface area contributed by atoms with Gasteiger partial charge in [-0.25, -0.2) is 4.98 Å². The smallest absolute Gasteiger partial charge is 0.139 e. The average molecular weight is 366 g/mol. The van der Waals surface area contributed by atoms with Crippen LogP contribution in [0.2, 0.25) is 0 Å². The van der Waals surface area contributed by atoms with Crippen molar-refractivity contribution in [3.05, 3.63) is 48.2 Å². The van der Waals surface area contributed by atoms with Crippen molar-refractivity contribution in [1.82, 2.24) is 9.38 Å². The van der Waals surface area contributed by atoms with E-state index < -0.39 is 0 Å². The fraction of sp³-hybridized carbons (Fsp3) is 0.435. The first-order valence-corrected chi connectivity index (χ1v) is 9.49. The maximum absolute atomic E-state index is 5.42. The number of benzene rings is 1. The van der Waals surface area contributed by atoms with Gasteiger partial charge in [0, 0.05) is 17.3 Å². The molecule has 0 atom stereocenters. The molecule has 0 unspecified atom stereocenters. The number of aromatic nitrogens is 2. The summed E-state index contributed by atoms with van der Waals surface area (Å²) in [7, 11) is 1.69. The Balaban J connectivity index is 2.14. The van der Waals surface area contributed by atoms with Gasteiger partial charge in [-0.2, -0.15) is 0 Å². The Labute approximate surface area is 162 Å². The SMILES string of the molecule is COc1cccc(-c2nc3cc(C)ccn3c2NC(C)(C)CC(C)(C)C)c1. The number of anilines is 1. The van der Waals surface area contributed by atoms with Crippen LogP contribution in [0.3, 0.4) is 0 Å². The number of pyridine rings is 1. The number of nitrogens with zero attached hydrogens (tertiary/aromatic N) is 2. The fourth-order valence-corrected chi connectivity index (χ4v) is 3.93. The molecule has 0 aliphatic carbocycles. The maximum Gasteiger partial charge on any atom is 0.139 e. The molecule has 0 radical (unpaired) electrons. The number of nitrogens with one attached hydrogen (secondary N) is 1. The van der Waals surface area contributed by atoms with Crippen molar-refractivity contribution in [2.45, 2.75) is 53.5 Å². The summed E-state index contributed by atoms with van der Waals surface area (Å²) in [5.74, 6) is 1.85. The van der Waals surface area contributed by atoms with Crippen LogP contribution in [0, 0.1) is 12.3 Å². The van der Waals surface area contributed by atoms with Crippen molar-refractivity contribution in [2.75, 3.05) is 12.4 Å². The molecule has 2 heterocycles. The Morgan fingerprint density at radius 3 is 2.48 bits per heavy atom. The standard InChI is InChI=1S/C23H31N3O/c1-16-11-12-26-19(13-16)24-20(17-9-8-10-18(14-17)27-7)21(26)25-23(5,6)15-22(2,3)4/h8-14,25H,15H2,1-7H3. The van der Waals surface area contributed by atoms with Gasteiger partial charge >= 0.3 is 0 Å². The average Bonchev–Trinajstić information content (AvgIpc) is 2.89. The molecule has 144 valence electrons. The molecule has 0 saturated carbocycles. The van der Waals surface area contributed by atoms with Crippen LogP contribution in [0.15, 0.2) is 42.6 Å². The zero-order valence-corrected chi connectivity index (χ0v) is 17.6. The van der Waals surface area contributed by atoms with Gasteiger partial charge in [0.05, 0.1) is 7.11 Å². The Morgan fingerprint density at radius 2 is 1.81 bits per heavy atom. The van der Waals surface area contributed by atoms with Crippen molar-refractivity contribution >= 4 is 11.5 Å². The quantitative estimate of drug-likeness (QED) is 0.607. The summed E-state index contributed by atoms with van der Waals surface area (Å²) in [5, 5.41) is 3.78. The summed E-state index contributed by atoms with van der Waals surface area (Å²) in [6.07, 6.45) is 3.13. The first kappa shape index (κ1) is 19.3. The molecule has 3 aromatic rings. The molecule has 0 amide bonds. The Kier molecular flexibility index (Phi) is 4.94. The molecule has 4 nitrogen and oxygen atoms in total. The van der Waals surface area contributed by atoms with Crippen LogP contribution in [0.25, 0.3) is 16.9 Å². The highest BCUT2D eigenvalue weighted by Gasteiger charge is 2.28. The first-order valence-electron chi connectivity index (χ1n) is 9.49. The summed E-state index contributed by atoms with van der Waals surface area (Å²) in [4.78, 5) is 4.94. The Morgan fingerprint density at radius 1 is 1.07 bits per heavy atom. The number of fused-ring (bicyclic) bond motifs is 1. The van der Waals surface area contributed by atoms with Crippen LogP contribution < -0.4 is 10.1 Å². The molecule has 0 aliphatic rings. The lowest BCUT2D eigenvalue weighted by atomic mass is 9.82. The number of rotatable bonds is 5. The van der Waals surface area contributed by atoms with Crippen molar-refractivity contribution in [3.8, 4) is 17.0 Å².